The van der Waals surface area contributed by atoms with E-state index < -0.39 is 30.6 Å². The van der Waals surface area contributed by atoms with E-state index in [0.717, 1.165) is 39.1 Å². The molecule has 0 radical (unpaired) electrons. The van der Waals surface area contributed by atoms with Crippen molar-refractivity contribution in [3.8, 4) is 40.0 Å². The first-order chi connectivity index (χ1) is 27.9. The highest BCUT2D eigenvalue weighted by atomic mass is 35.5. The molecule has 0 saturated heterocycles. The smallest absolute Gasteiger partial charge is 0.306 e. The van der Waals surface area contributed by atoms with Crippen molar-refractivity contribution in [1.82, 2.24) is 30.6 Å². The third kappa shape index (κ3) is 12.3. The molecule has 304 valence electrons. The maximum Gasteiger partial charge on any atom is 0.306 e. The summed E-state index contributed by atoms with van der Waals surface area (Å²) in [6, 6.07) is 19.2. The van der Waals surface area contributed by atoms with Gasteiger partial charge < -0.3 is 40.5 Å². The van der Waals surface area contributed by atoms with Crippen LogP contribution in [-0.2, 0) is 35.9 Å². The molecular formula is C42H46ClN7O8. The van der Waals surface area contributed by atoms with Gasteiger partial charge >= 0.3 is 11.9 Å². The van der Waals surface area contributed by atoms with Gasteiger partial charge in [0, 0.05) is 61.3 Å². The molecule has 5 aromatic rings. The van der Waals surface area contributed by atoms with Gasteiger partial charge in [-0.15, -0.1) is 5.10 Å². The number of halogens is 1. The molecule has 0 aliphatic rings. The second-order valence-corrected chi connectivity index (χ2v) is 14.2. The lowest BCUT2D eigenvalue weighted by molar-refractivity contribution is -0.140. The van der Waals surface area contributed by atoms with Gasteiger partial charge in [0.25, 0.3) is 0 Å². The Balaban J connectivity index is 1.28. The van der Waals surface area contributed by atoms with Crippen molar-refractivity contribution in [1.29, 1.82) is 5.26 Å². The molecule has 0 bridgehead atoms. The number of ether oxygens (including phenoxy) is 2. The predicted molar refractivity (Wildman–Crippen MR) is 215 cm³/mol. The lowest BCUT2D eigenvalue weighted by Gasteiger charge is -2.18. The number of carboxylic acids is 2. The summed E-state index contributed by atoms with van der Waals surface area (Å²) in [4.78, 5) is 25.8. The number of pyridine rings is 1. The Hall–Kier alpha value is -5.89. The third-order valence-electron chi connectivity index (χ3n) is 9.34. The maximum atomic E-state index is 11.0. The van der Waals surface area contributed by atoms with E-state index in [0.29, 0.717) is 52.7 Å². The van der Waals surface area contributed by atoms with Gasteiger partial charge in [0.05, 0.1) is 41.8 Å². The minimum Gasteiger partial charge on any atom is -0.488 e. The van der Waals surface area contributed by atoms with E-state index in [1.807, 2.05) is 37.4 Å². The lowest BCUT2D eigenvalue weighted by Crippen LogP contribution is -2.29. The molecule has 0 saturated carbocycles. The van der Waals surface area contributed by atoms with Crippen LogP contribution in [0.25, 0.3) is 22.4 Å². The zero-order chi connectivity index (χ0) is 41.6. The van der Waals surface area contributed by atoms with Crippen molar-refractivity contribution in [3.05, 3.63) is 112 Å². The van der Waals surface area contributed by atoms with Crippen LogP contribution in [0.5, 0.6) is 11.5 Å². The van der Waals surface area contributed by atoms with Gasteiger partial charge in [-0.1, -0.05) is 53.2 Å². The number of aliphatic carboxylic acids is 2. The van der Waals surface area contributed by atoms with Crippen LogP contribution < -0.4 is 20.1 Å². The Morgan fingerprint density at radius 2 is 1.53 bits per heavy atom. The second kappa shape index (κ2) is 21.0. The number of aliphatic hydroxyl groups excluding tert-OH is 2. The molecule has 6 N–H and O–H groups in total. The van der Waals surface area contributed by atoms with Crippen LogP contribution in [0.15, 0.2) is 73.2 Å². The molecule has 15 nitrogen and oxygen atoms in total. The fraction of sp³-hybridized carbons (Fsp3) is 0.333. The molecule has 0 fully saturated rings. The summed E-state index contributed by atoms with van der Waals surface area (Å²) < 4.78 is 14.3. The van der Waals surface area contributed by atoms with Crippen LogP contribution >= 0.6 is 11.6 Å². The zero-order valence-electron chi connectivity index (χ0n) is 32.2. The summed E-state index contributed by atoms with van der Waals surface area (Å²) in [6.45, 7) is 6.05. The summed E-state index contributed by atoms with van der Waals surface area (Å²) >= 11 is 6.74. The van der Waals surface area contributed by atoms with E-state index in [4.69, 9.17) is 31.3 Å². The minimum atomic E-state index is -1.10. The summed E-state index contributed by atoms with van der Waals surface area (Å²) in [5, 5.41) is 62.0. The number of aliphatic hydroxyl groups is 2. The highest BCUT2D eigenvalue weighted by Gasteiger charge is 2.17. The average Bonchev–Trinajstić information content (AvgIpc) is 3.66. The van der Waals surface area contributed by atoms with Gasteiger partial charge in [0.2, 0.25) is 0 Å². The number of nitrogens with zero attached hydrogens (tertiary/aromatic N) is 5. The van der Waals surface area contributed by atoms with Crippen molar-refractivity contribution in [2.24, 2.45) is 0 Å². The number of carbonyl (C=O) groups is 2. The lowest BCUT2D eigenvalue weighted by atomic mass is 9.91. The van der Waals surface area contributed by atoms with Crippen molar-refractivity contribution >= 4 is 23.5 Å². The largest absolute Gasteiger partial charge is 0.488 e. The van der Waals surface area contributed by atoms with Crippen LogP contribution in [0, 0.1) is 25.2 Å². The van der Waals surface area contributed by atoms with Crippen LogP contribution in [-0.4, -0.2) is 84.2 Å². The minimum absolute atomic E-state index is 0.0404. The summed E-state index contributed by atoms with van der Waals surface area (Å²) in [5.74, 6) is -1.31. The quantitative estimate of drug-likeness (QED) is 0.0504. The molecule has 2 unspecified atom stereocenters. The molecule has 58 heavy (non-hydrogen) atoms. The molecule has 0 amide bonds. The number of hydrogen-bond donors (Lipinski definition) is 6. The Morgan fingerprint density at radius 1 is 0.862 bits per heavy atom. The average molecular weight is 812 g/mol. The van der Waals surface area contributed by atoms with E-state index in [-0.39, 0.29) is 39.3 Å². The maximum absolute atomic E-state index is 11.0. The number of nitriles is 1. The molecule has 0 spiro atoms. The molecule has 0 aliphatic heterocycles. The number of aryl methyl sites for hydroxylation is 1. The fourth-order valence-corrected chi connectivity index (χ4v) is 6.57. The number of benzene rings is 3. The van der Waals surface area contributed by atoms with Crippen LogP contribution in [0.1, 0.15) is 52.6 Å². The van der Waals surface area contributed by atoms with Gasteiger partial charge in [0.1, 0.15) is 36.5 Å². The molecule has 2 aromatic heterocycles. The fourth-order valence-electron chi connectivity index (χ4n) is 6.33. The van der Waals surface area contributed by atoms with Gasteiger partial charge in [-0.25, -0.2) is 0 Å². The van der Waals surface area contributed by atoms with E-state index in [2.05, 4.69) is 51.1 Å². The van der Waals surface area contributed by atoms with Crippen LogP contribution in [0.3, 0.4) is 0 Å². The SMILES string of the molecule is Cc1c(COc2cc(OCc3cncc(C#N)c3)c(CNCC(O)CC(=O)O)cc2Cl)cccc1-c1cccc(-c2cn(CCCNCC(O)CC(=O)O)nn2)c1C. The first kappa shape index (κ1) is 43.2. The first-order valence-electron chi connectivity index (χ1n) is 18.6. The second-order valence-electron chi connectivity index (χ2n) is 13.8. The van der Waals surface area contributed by atoms with Crippen molar-refractivity contribution < 1.29 is 39.5 Å². The van der Waals surface area contributed by atoms with Crippen molar-refractivity contribution in [2.45, 2.75) is 71.6 Å². The summed E-state index contributed by atoms with van der Waals surface area (Å²) in [6.07, 6.45) is 2.98. The van der Waals surface area contributed by atoms with E-state index in [9.17, 15) is 25.1 Å². The number of aromatic nitrogens is 4. The first-order valence-corrected chi connectivity index (χ1v) is 19.0. The molecule has 5 rings (SSSR count). The molecule has 2 atom stereocenters. The van der Waals surface area contributed by atoms with Gasteiger partial charge in [-0.2, -0.15) is 5.26 Å². The standard InChI is InChI=1S/C42H46ClN7O8/c1-26-30(6-3-7-34(26)35-8-4-9-36(27(35)2)38-23-50(49-48-38)11-5-10-45-21-32(51)14-41(53)54)25-58-40-16-39(57-24-29-12-28(17-44)18-46-19-29)31(13-37(40)43)20-47-22-33(52)15-42(55)56/h3-4,6-9,12-13,16,18-19,23,32-33,45,47,51-52H,5,10-11,14-15,20-22,24-25H2,1-2H3,(H,53,54)(H,55,56). The third-order valence-corrected chi connectivity index (χ3v) is 9.63. The number of carboxylic acid groups (broad SMARTS) is 2. The van der Waals surface area contributed by atoms with Crippen molar-refractivity contribution in [2.75, 3.05) is 19.6 Å². The number of hydrogen-bond acceptors (Lipinski definition) is 12. The van der Waals surface area contributed by atoms with Gasteiger partial charge in [0.15, 0.2) is 0 Å². The highest BCUT2D eigenvalue weighted by molar-refractivity contribution is 6.32. The number of rotatable bonds is 22. The molecular weight excluding hydrogens is 766 g/mol. The Kier molecular flexibility index (Phi) is 15.7. The zero-order valence-corrected chi connectivity index (χ0v) is 32.9. The topological polar surface area (TPSA) is 225 Å². The molecule has 2 heterocycles. The monoisotopic (exact) mass is 811 g/mol. The normalized spacial score (nSPS) is 12.1. The Morgan fingerprint density at radius 3 is 2.26 bits per heavy atom. The summed E-state index contributed by atoms with van der Waals surface area (Å²) in [5.41, 5.74) is 8.46. The molecule has 0 aliphatic carbocycles. The van der Waals surface area contributed by atoms with Gasteiger partial charge in [-0.05, 0) is 66.8 Å². The van der Waals surface area contributed by atoms with Crippen molar-refractivity contribution in [3.63, 3.8) is 0 Å². The predicted octanol–water partition coefficient (Wildman–Crippen LogP) is 5.05. The Bertz CT molecular complexity index is 2240. The van der Waals surface area contributed by atoms with E-state index >= 15 is 0 Å². The van der Waals surface area contributed by atoms with Crippen LogP contribution in [0.2, 0.25) is 5.02 Å². The number of nitrogens with one attached hydrogen (secondary N) is 2. The van der Waals surface area contributed by atoms with Gasteiger partial charge in [-0.3, -0.25) is 19.3 Å². The molecule has 3 aromatic carbocycles. The molecule has 16 heteroatoms. The van der Waals surface area contributed by atoms with Crippen LogP contribution in [0.4, 0.5) is 0 Å². The Labute approximate surface area is 340 Å². The van der Waals surface area contributed by atoms with E-state index in [1.165, 1.54) is 6.20 Å². The summed E-state index contributed by atoms with van der Waals surface area (Å²) in [7, 11) is 0. The van der Waals surface area contributed by atoms with E-state index in [1.54, 1.807) is 29.1 Å². The highest BCUT2D eigenvalue weighted by Crippen LogP contribution is 2.36.